The number of anilines is 1. The Kier molecular flexibility index (Phi) is 5.43. The summed E-state index contributed by atoms with van der Waals surface area (Å²) < 4.78 is 11.1. The predicted molar refractivity (Wildman–Crippen MR) is 98.7 cm³/mol. The Hall–Kier alpha value is -2.28. The normalized spacial score (nSPS) is 15.0. The van der Waals surface area contributed by atoms with E-state index in [1.54, 1.807) is 0 Å². The van der Waals surface area contributed by atoms with Gasteiger partial charge in [0.15, 0.2) is 10.6 Å². The number of thiophene rings is 1. The molecule has 3 rings (SSSR count). The molecule has 2 N–H and O–H groups in total. The minimum Gasteiger partial charge on any atom is -0.494 e. The first kappa shape index (κ1) is 17.5. The minimum atomic E-state index is -0.428. The van der Waals surface area contributed by atoms with E-state index in [9.17, 15) is 9.59 Å². The average molecular weight is 362 g/mol. The van der Waals surface area contributed by atoms with Gasteiger partial charge in [0, 0.05) is 21.8 Å². The molecule has 1 aliphatic carbocycles. The summed E-state index contributed by atoms with van der Waals surface area (Å²) in [6.45, 7) is 0. The average Bonchev–Trinajstić information content (AvgIpc) is 2.99. The zero-order chi connectivity index (χ0) is 17.8. The number of nitrogens with one attached hydrogen (secondary N) is 2. The van der Waals surface area contributed by atoms with Crippen molar-refractivity contribution < 1.29 is 19.1 Å². The monoisotopic (exact) mass is 362 g/mol. The molecule has 0 aliphatic heterocycles. The summed E-state index contributed by atoms with van der Waals surface area (Å²) in [6.07, 6.45) is 5.65. The van der Waals surface area contributed by atoms with Gasteiger partial charge in [-0.05, 0) is 31.0 Å². The van der Waals surface area contributed by atoms with E-state index in [0.717, 1.165) is 22.9 Å². The van der Waals surface area contributed by atoms with Gasteiger partial charge in [-0.25, -0.2) is 9.59 Å². The van der Waals surface area contributed by atoms with Crippen LogP contribution < -0.4 is 15.4 Å². The summed E-state index contributed by atoms with van der Waals surface area (Å²) >= 11 is 1.31. The smallest absolute Gasteiger partial charge is 0.351 e. The fraction of sp³-hybridized carbons (Fsp3) is 0.444. The van der Waals surface area contributed by atoms with E-state index in [4.69, 9.17) is 9.47 Å². The number of hydrogen-bond donors (Lipinski definition) is 2. The number of fused-ring (bicyclic) bond motifs is 1. The van der Waals surface area contributed by atoms with Crippen molar-refractivity contribution in [1.82, 2.24) is 5.32 Å². The van der Waals surface area contributed by atoms with Gasteiger partial charge in [-0.3, -0.25) is 0 Å². The topological polar surface area (TPSA) is 76.7 Å². The SMILES string of the molecule is COC(=O)c1sc2ccc(NC(=O)NC3CCCCC3)cc2c1OC. The number of methoxy groups -OCH3 is 2. The number of ether oxygens (including phenoxy) is 2. The lowest BCUT2D eigenvalue weighted by Crippen LogP contribution is -2.38. The number of amides is 2. The zero-order valence-corrected chi connectivity index (χ0v) is 15.2. The number of carbonyl (C=O) groups is 2. The molecule has 0 saturated heterocycles. The van der Waals surface area contributed by atoms with Crippen molar-refractivity contribution in [3.63, 3.8) is 0 Å². The maximum atomic E-state index is 12.2. The van der Waals surface area contributed by atoms with Crippen molar-refractivity contribution in [2.24, 2.45) is 0 Å². The van der Waals surface area contributed by atoms with Gasteiger partial charge in [0.1, 0.15) is 0 Å². The second-order valence-electron chi connectivity index (χ2n) is 6.10. The molecule has 6 nitrogen and oxygen atoms in total. The van der Waals surface area contributed by atoms with Crippen molar-refractivity contribution in [3.05, 3.63) is 23.1 Å². The Morgan fingerprint density at radius 2 is 1.92 bits per heavy atom. The Labute approximate surface area is 150 Å². The van der Waals surface area contributed by atoms with Crippen LogP contribution in [0.5, 0.6) is 5.75 Å². The van der Waals surface area contributed by atoms with Crippen LogP contribution in [0.3, 0.4) is 0 Å². The molecule has 134 valence electrons. The molecule has 25 heavy (non-hydrogen) atoms. The van der Waals surface area contributed by atoms with Crippen molar-refractivity contribution in [1.29, 1.82) is 0 Å². The van der Waals surface area contributed by atoms with E-state index in [0.29, 0.717) is 16.3 Å². The highest BCUT2D eigenvalue weighted by Gasteiger charge is 2.21. The van der Waals surface area contributed by atoms with Gasteiger partial charge in [0.05, 0.1) is 14.2 Å². The largest absolute Gasteiger partial charge is 0.494 e. The van der Waals surface area contributed by atoms with Gasteiger partial charge in [-0.2, -0.15) is 0 Å². The minimum absolute atomic E-state index is 0.200. The third kappa shape index (κ3) is 3.87. The maximum Gasteiger partial charge on any atom is 0.351 e. The Morgan fingerprint density at radius 1 is 1.16 bits per heavy atom. The third-order valence-corrected chi connectivity index (χ3v) is 5.55. The molecule has 1 saturated carbocycles. The molecule has 0 bridgehead atoms. The van der Waals surface area contributed by atoms with E-state index in [2.05, 4.69) is 10.6 Å². The van der Waals surface area contributed by atoms with Crippen molar-refractivity contribution >= 4 is 39.1 Å². The summed E-state index contributed by atoms with van der Waals surface area (Å²) in [6, 6.07) is 5.55. The molecule has 1 aromatic carbocycles. The highest BCUT2D eigenvalue weighted by atomic mass is 32.1. The number of benzene rings is 1. The van der Waals surface area contributed by atoms with E-state index < -0.39 is 5.97 Å². The number of carbonyl (C=O) groups excluding carboxylic acids is 2. The summed E-state index contributed by atoms with van der Waals surface area (Å²) in [5.41, 5.74) is 0.660. The highest BCUT2D eigenvalue weighted by Crippen LogP contribution is 2.39. The lowest BCUT2D eigenvalue weighted by Gasteiger charge is -2.22. The first-order valence-electron chi connectivity index (χ1n) is 8.38. The number of urea groups is 1. The van der Waals surface area contributed by atoms with Gasteiger partial charge < -0.3 is 20.1 Å². The zero-order valence-electron chi connectivity index (χ0n) is 14.4. The molecule has 1 aromatic heterocycles. The Morgan fingerprint density at radius 3 is 2.60 bits per heavy atom. The highest BCUT2D eigenvalue weighted by molar-refractivity contribution is 7.21. The third-order valence-electron chi connectivity index (χ3n) is 4.42. The maximum absolute atomic E-state index is 12.2. The van der Waals surface area contributed by atoms with Crippen molar-refractivity contribution in [2.75, 3.05) is 19.5 Å². The van der Waals surface area contributed by atoms with Crippen LogP contribution in [0, 0.1) is 0 Å². The van der Waals surface area contributed by atoms with Gasteiger partial charge in [0.25, 0.3) is 0 Å². The van der Waals surface area contributed by atoms with Crippen LogP contribution in [0.25, 0.3) is 10.1 Å². The van der Waals surface area contributed by atoms with Crippen LogP contribution in [-0.2, 0) is 4.74 Å². The molecule has 2 aromatic rings. The van der Waals surface area contributed by atoms with E-state index >= 15 is 0 Å². The van der Waals surface area contributed by atoms with E-state index in [1.807, 2.05) is 18.2 Å². The van der Waals surface area contributed by atoms with Crippen LogP contribution in [-0.4, -0.2) is 32.3 Å². The number of hydrogen-bond acceptors (Lipinski definition) is 5. The standard InChI is InChI=1S/C18H22N2O4S/c1-23-15-13-10-12(8-9-14(13)25-16(15)17(21)24-2)20-18(22)19-11-6-4-3-5-7-11/h8-11H,3-7H2,1-2H3,(H2,19,20,22). The Bertz CT molecular complexity index is 781. The molecule has 0 unspecified atom stereocenters. The second kappa shape index (κ2) is 7.74. The summed E-state index contributed by atoms with van der Waals surface area (Å²) in [7, 11) is 2.86. The number of rotatable bonds is 4. The summed E-state index contributed by atoms with van der Waals surface area (Å²) in [4.78, 5) is 24.5. The van der Waals surface area contributed by atoms with Gasteiger partial charge in [-0.1, -0.05) is 19.3 Å². The summed E-state index contributed by atoms with van der Waals surface area (Å²) in [5.74, 6) is 0.0470. The molecule has 1 aliphatic rings. The van der Waals surface area contributed by atoms with E-state index in [1.165, 1.54) is 44.8 Å². The van der Waals surface area contributed by atoms with Crippen LogP contribution >= 0.6 is 11.3 Å². The molecular formula is C18H22N2O4S. The van der Waals surface area contributed by atoms with Crippen LogP contribution in [0.1, 0.15) is 41.8 Å². The quantitative estimate of drug-likeness (QED) is 0.801. The van der Waals surface area contributed by atoms with Crippen LogP contribution in [0.2, 0.25) is 0 Å². The molecule has 1 heterocycles. The molecule has 1 fully saturated rings. The van der Waals surface area contributed by atoms with Crippen molar-refractivity contribution in [2.45, 2.75) is 38.1 Å². The summed E-state index contributed by atoms with van der Waals surface area (Å²) in [5, 5.41) is 6.67. The first-order valence-corrected chi connectivity index (χ1v) is 9.20. The lowest BCUT2D eigenvalue weighted by molar-refractivity contribution is 0.0603. The molecule has 0 radical (unpaired) electrons. The molecule has 0 atom stereocenters. The first-order chi connectivity index (χ1) is 12.1. The Balaban J connectivity index is 1.78. The predicted octanol–water partition coefficient (Wildman–Crippen LogP) is 4.15. The van der Waals surface area contributed by atoms with Crippen molar-refractivity contribution in [3.8, 4) is 5.75 Å². The number of esters is 1. The molecular weight excluding hydrogens is 340 g/mol. The van der Waals surface area contributed by atoms with Gasteiger partial charge in [0.2, 0.25) is 0 Å². The lowest BCUT2D eigenvalue weighted by atomic mass is 9.96. The molecule has 2 amide bonds. The van der Waals surface area contributed by atoms with Crippen LogP contribution in [0.4, 0.5) is 10.5 Å². The van der Waals surface area contributed by atoms with E-state index in [-0.39, 0.29) is 12.1 Å². The van der Waals surface area contributed by atoms with Crippen LogP contribution in [0.15, 0.2) is 18.2 Å². The molecule has 7 heteroatoms. The van der Waals surface area contributed by atoms with Gasteiger partial charge >= 0.3 is 12.0 Å². The fourth-order valence-electron chi connectivity index (χ4n) is 3.18. The molecule has 0 spiro atoms. The van der Waals surface area contributed by atoms with Gasteiger partial charge in [-0.15, -0.1) is 11.3 Å². The second-order valence-corrected chi connectivity index (χ2v) is 7.15. The fourth-order valence-corrected chi connectivity index (χ4v) is 4.25.